The number of hydrogen-bond donors (Lipinski definition) is 5. The van der Waals surface area contributed by atoms with Crippen LogP contribution in [0.2, 0.25) is 0 Å². The summed E-state index contributed by atoms with van der Waals surface area (Å²) in [7, 11) is 1.56. The van der Waals surface area contributed by atoms with Gasteiger partial charge < -0.3 is 30.5 Å². The summed E-state index contributed by atoms with van der Waals surface area (Å²) in [6, 6.07) is 17.3. The fourth-order valence-corrected chi connectivity index (χ4v) is 7.23. The standard InChI is InChI=1S/C36H35NO8/c1-18-5-4-6-20(11-18)16-37-17-21-7-10-29(45-3)25(12-21)24-8-9-27(39)32-26(24)14-22-13-23-15-28(40)30(19(2)38)34(42)36(23,44)35(43)31(22)33(32)41/h4-12,22-23,37,39,41-42,44H,13-17H2,1-3H3/t22-,23+,36-/m1/s1. The molecule has 0 aliphatic heterocycles. The molecule has 232 valence electrons. The third-order valence-corrected chi connectivity index (χ3v) is 9.35. The molecule has 3 aliphatic carbocycles. The predicted molar refractivity (Wildman–Crippen MR) is 167 cm³/mol. The van der Waals surface area contributed by atoms with Gasteiger partial charge in [0, 0.05) is 36.6 Å². The van der Waals surface area contributed by atoms with E-state index in [9.17, 15) is 34.8 Å². The average Bonchev–Trinajstić information content (AvgIpc) is 2.99. The summed E-state index contributed by atoms with van der Waals surface area (Å²) in [5, 5.41) is 48.4. The van der Waals surface area contributed by atoms with Crippen LogP contribution in [0, 0.1) is 18.8 Å². The minimum Gasteiger partial charge on any atom is -0.508 e. The van der Waals surface area contributed by atoms with Gasteiger partial charge in [-0.05, 0) is 73.1 Å². The smallest absolute Gasteiger partial charge is 0.202 e. The molecule has 1 saturated carbocycles. The van der Waals surface area contributed by atoms with Gasteiger partial charge in [0.05, 0.1) is 12.7 Å². The zero-order valence-electron chi connectivity index (χ0n) is 25.3. The number of rotatable bonds is 7. The fraction of sp³-hybridized carbons (Fsp3) is 0.306. The van der Waals surface area contributed by atoms with Crippen molar-refractivity contribution in [3.63, 3.8) is 0 Å². The summed E-state index contributed by atoms with van der Waals surface area (Å²) in [4.78, 5) is 38.7. The number of fused-ring (bicyclic) bond motifs is 3. The molecule has 1 fully saturated rings. The Labute approximate surface area is 260 Å². The number of hydrogen-bond acceptors (Lipinski definition) is 9. The normalized spacial score (nSPS) is 22.6. The van der Waals surface area contributed by atoms with Crippen molar-refractivity contribution in [1.29, 1.82) is 0 Å². The highest BCUT2D eigenvalue weighted by Gasteiger charge is 2.60. The first-order valence-electron chi connectivity index (χ1n) is 14.9. The SMILES string of the molecule is COc1ccc(CNCc2cccc(C)c2)cc1-c1ccc(O)c2c1C[C@H]1C[C@H]3CC(=O)C(C(C)=O)=C(O)[C@@]3(O)C(=O)C1=C2O. The van der Waals surface area contributed by atoms with Gasteiger partial charge in [-0.1, -0.05) is 42.0 Å². The number of ketones is 3. The highest BCUT2D eigenvalue weighted by Crippen LogP contribution is 2.53. The lowest BCUT2D eigenvalue weighted by Gasteiger charge is -2.46. The summed E-state index contributed by atoms with van der Waals surface area (Å²) in [6.45, 7) is 4.39. The van der Waals surface area contributed by atoms with Gasteiger partial charge in [-0.3, -0.25) is 14.4 Å². The van der Waals surface area contributed by atoms with Crippen LogP contribution in [0.4, 0.5) is 0 Å². The molecule has 3 aliphatic rings. The van der Waals surface area contributed by atoms with E-state index >= 15 is 0 Å². The number of phenolic OH excluding ortho intramolecular Hbond substituents is 1. The second kappa shape index (κ2) is 11.3. The molecule has 45 heavy (non-hydrogen) atoms. The second-order valence-electron chi connectivity index (χ2n) is 12.2. The van der Waals surface area contributed by atoms with Crippen LogP contribution in [0.3, 0.4) is 0 Å². The molecule has 0 heterocycles. The van der Waals surface area contributed by atoms with E-state index in [2.05, 4.69) is 30.4 Å². The molecule has 6 rings (SSSR count). The number of nitrogens with one attached hydrogen (secondary N) is 1. The molecular formula is C36H35NO8. The molecule has 0 radical (unpaired) electrons. The summed E-state index contributed by atoms with van der Waals surface area (Å²) in [6.07, 6.45) is 0.0160. The molecule has 3 aromatic rings. The number of benzene rings is 3. The van der Waals surface area contributed by atoms with Crippen molar-refractivity contribution in [3.05, 3.63) is 99.3 Å². The average molecular weight is 610 g/mol. The Morgan fingerprint density at radius 2 is 1.71 bits per heavy atom. The van der Waals surface area contributed by atoms with Crippen molar-refractivity contribution in [2.75, 3.05) is 7.11 Å². The largest absolute Gasteiger partial charge is 0.508 e. The number of aromatic hydroxyl groups is 1. The predicted octanol–water partition coefficient (Wildman–Crippen LogP) is 4.80. The zero-order valence-corrected chi connectivity index (χ0v) is 25.3. The summed E-state index contributed by atoms with van der Waals surface area (Å²) < 4.78 is 5.71. The number of Topliss-reactive ketones (excluding diaryl/α,β-unsaturated/α-hetero) is 3. The third-order valence-electron chi connectivity index (χ3n) is 9.35. The Hall–Kier alpha value is -4.73. The molecule has 0 amide bonds. The van der Waals surface area contributed by atoms with E-state index in [4.69, 9.17) is 4.74 Å². The van der Waals surface area contributed by atoms with Gasteiger partial charge in [-0.15, -0.1) is 0 Å². The van der Waals surface area contributed by atoms with Crippen LogP contribution in [0.15, 0.2) is 71.5 Å². The van der Waals surface area contributed by atoms with Crippen molar-refractivity contribution in [2.45, 2.75) is 51.8 Å². The third kappa shape index (κ3) is 4.92. The lowest BCUT2D eigenvalue weighted by molar-refractivity contribution is -0.147. The van der Waals surface area contributed by atoms with Crippen LogP contribution in [-0.4, -0.2) is 50.5 Å². The van der Waals surface area contributed by atoms with Crippen LogP contribution < -0.4 is 10.1 Å². The minimum absolute atomic E-state index is 0.0568. The summed E-state index contributed by atoms with van der Waals surface area (Å²) in [5.74, 6) is -5.10. The van der Waals surface area contributed by atoms with Gasteiger partial charge in [-0.2, -0.15) is 0 Å². The molecule has 0 unspecified atom stereocenters. The van der Waals surface area contributed by atoms with Gasteiger partial charge in [0.2, 0.25) is 5.78 Å². The quantitative estimate of drug-likeness (QED) is 0.238. The number of ether oxygens (including phenoxy) is 1. The molecule has 0 aromatic heterocycles. The van der Waals surface area contributed by atoms with E-state index in [0.29, 0.717) is 30.0 Å². The molecule has 3 aromatic carbocycles. The van der Waals surface area contributed by atoms with E-state index in [-0.39, 0.29) is 36.1 Å². The maximum atomic E-state index is 13.9. The lowest BCUT2D eigenvalue weighted by atomic mass is 9.59. The van der Waals surface area contributed by atoms with Gasteiger partial charge in [-0.25, -0.2) is 0 Å². The number of carbonyl (C=O) groups excluding carboxylic acids is 3. The molecule has 0 bridgehead atoms. The van der Waals surface area contributed by atoms with E-state index in [0.717, 1.165) is 18.1 Å². The number of phenols is 1. The van der Waals surface area contributed by atoms with Crippen LogP contribution in [-0.2, 0) is 33.9 Å². The minimum atomic E-state index is -2.53. The number of carbonyl (C=O) groups is 3. The molecule has 9 nitrogen and oxygen atoms in total. The molecule has 0 spiro atoms. The number of aryl methyl sites for hydroxylation is 1. The van der Waals surface area contributed by atoms with E-state index in [1.807, 2.05) is 24.3 Å². The van der Waals surface area contributed by atoms with Crippen molar-refractivity contribution in [3.8, 4) is 22.6 Å². The zero-order chi connectivity index (χ0) is 32.2. The van der Waals surface area contributed by atoms with Crippen LogP contribution in [0.5, 0.6) is 11.5 Å². The van der Waals surface area contributed by atoms with Gasteiger partial charge in [0.15, 0.2) is 17.2 Å². The highest BCUT2D eigenvalue weighted by molar-refractivity contribution is 6.23. The van der Waals surface area contributed by atoms with Crippen LogP contribution in [0.25, 0.3) is 16.9 Å². The number of aliphatic hydroxyl groups is 3. The maximum Gasteiger partial charge on any atom is 0.202 e. The summed E-state index contributed by atoms with van der Waals surface area (Å²) >= 11 is 0. The van der Waals surface area contributed by atoms with Gasteiger partial charge in [0.1, 0.15) is 28.6 Å². The number of aliphatic hydroxyl groups excluding tert-OH is 2. The fourth-order valence-electron chi connectivity index (χ4n) is 7.23. The van der Waals surface area contributed by atoms with Crippen LogP contribution in [0.1, 0.15) is 47.6 Å². The van der Waals surface area contributed by atoms with Gasteiger partial charge >= 0.3 is 0 Å². The topological polar surface area (TPSA) is 153 Å². The Kier molecular flexibility index (Phi) is 7.62. The Morgan fingerprint density at radius 3 is 2.40 bits per heavy atom. The Bertz CT molecular complexity index is 1840. The first-order chi connectivity index (χ1) is 21.4. The van der Waals surface area contributed by atoms with Gasteiger partial charge in [0.25, 0.3) is 0 Å². The first kappa shape index (κ1) is 30.3. The van der Waals surface area contributed by atoms with Crippen molar-refractivity contribution >= 4 is 23.1 Å². The molecule has 3 atom stereocenters. The van der Waals surface area contributed by atoms with E-state index in [1.165, 1.54) is 17.2 Å². The lowest BCUT2D eigenvalue weighted by Crippen LogP contribution is -2.57. The Morgan fingerprint density at radius 1 is 0.978 bits per heavy atom. The first-order valence-corrected chi connectivity index (χ1v) is 14.9. The number of methoxy groups -OCH3 is 1. The van der Waals surface area contributed by atoms with E-state index < -0.39 is 51.9 Å². The van der Waals surface area contributed by atoms with Crippen molar-refractivity contribution < 1.29 is 39.5 Å². The molecule has 9 heteroatoms. The Balaban J connectivity index is 1.40. The monoisotopic (exact) mass is 609 g/mol. The second-order valence-corrected chi connectivity index (χ2v) is 12.2. The van der Waals surface area contributed by atoms with Crippen molar-refractivity contribution in [1.82, 2.24) is 5.32 Å². The van der Waals surface area contributed by atoms with E-state index in [1.54, 1.807) is 13.2 Å². The molecule has 5 N–H and O–H groups in total. The summed E-state index contributed by atoms with van der Waals surface area (Å²) in [5.41, 5.74) is 2.16. The maximum absolute atomic E-state index is 13.9. The highest BCUT2D eigenvalue weighted by atomic mass is 16.5. The number of allylic oxidation sites excluding steroid dienone is 1. The molecule has 0 saturated heterocycles. The molecular weight excluding hydrogens is 574 g/mol. The van der Waals surface area contributed by atoms with Crippen LogP contribution >= 0.6 is 0 Å². The van der Waals surface area contributed by atoms with Crippen molar-refractivity contribution in [2.24, 2.45) is 11.8 Å².